The molecule has 1 rings (SSSR count). The maximum atomic E-state index is 4.57. The molecule has 2 nitrogen and oxygen atoms in total. The van der Waals surface area contributed by atoms with Crippen LogP contribution in [0.2, 0.25) is 0 Å². The molecular formula is C12H18N2. The van der Waals surface area contributed by atoms with E-state index in [0.29, 0.717) is 5.92 Å². The van der Waals surface area contributed by atoms with Gasteiger partial charge in [0.05, 0.1) is 11.4 Å². The van der Waals surface area contributed by atoms with Crippen molar-refractivity contribution in [3.63, 3.8) is 0 Å². The summed E-state index contributed by atoms with van der Waals surface area (Å²) in [5, 5.41) is 0. The van der Waals surface area contributed by atoms with E-state index in [9.17, 15) is 0 Å². The molecule has 2 heteroatoms. The highest BCUT2D eigenvalue weighted by molar-refractivity contribution is 5.59. The Bertz CT molecular complexity index is 357. The van der Waals surface area contributed by atoms with Gasteiger partial charge in [-0.15, -0.1) is 0 Å². The van der Waals surface area contributed by atoms with E-state index in [-0.39, 0.29) is 0 Å². The molecule has 76 valence electrons. The van der Waals surface area contributed by atoms with Gasteiger partial charge in [-0.2, -0.15) is 0 Å². The molecule has 0 saturated carbocycles. The Morgan fingerprint density at radius 2 is 2.07 bits per heavy atom. The first kappa shape index (κ1) is 10.8. The molecular weight excluding hydrogens is 172 g/mol. The van der Waals surface area contributed by atoms with Crippen LogP contribution in [0.4, 0.5) is 0 Å². The summed E-state index contributed by atoms with van der Waals surface area (Å²) >= 11 is 0. The smallest absolute Gasteiger partial charge is 0.112 e. The van der Waals surface area contributed by atoms with Crippen LogP contribution < -0.4 is 0 Å². The van der Waals surface area contributed by atoms with Crippen molar-refractivity contribution in [2.75, 3.05) is 0 Å². The minimum Gasteiger partial charge on any atom is -0.331 e. The Hall–Kier alpha value is -1.31. The van der Waals surface area contributed by atoms with Crippen molar-refractivity contribution in [3.05, 3.63) is 29.9 Å². The third kappa shape index (κ3) is 1.79. The minimum absolute atomic E-state index is 0.442. The Kier molecular flexibility index (Phi) is 3.28. The summed E-state index contributed by atoms with van der Waals surface area (Å²) in [7, 11) is 2.03. The molecule has 0 fully saturated rings. The van der Waals surface area contributed by atoms with Gasteiger partial charge in [-0.05, 0) is 19.1 Å². The second kappa shape index (κ2) is 4.27. The predicted octanol–water partition coefficient (Wildman–Crippen LogP) is 3.22. The van der Waals surface area contributed by atoms with Gasteiger partial charge in [0.15, 0.2) is 0 Å². The Labute approximate surface area is 86.0 Å². The van der Waals surface area contributed by atoms with Crippen LogP contribution >= 0.6 is 0 Å². The Morgan fingerprint density at radius 3 is 2.50 bits per heavy atom. The Balaban J connectivity index is 3.31. The fourth-order valence-corrected chi connectivity index (χ4v) is 1.59. The fraction of sp³-hybridized carbons (Fsp3) is 0.417. The lowest BCUT2D eigenvalue weighted by Crippen LogP contribution is -2.00. The molecule has 1 aromatic rings. The van der Waals surface area contributed by atoms with Crippen LogP contribution in [0.3, 0.4) is 0 Å². The van der Waals surface area contributed by atoms with Crippen molar-refractivity contribution < 1.29 is 0 Å². The molecule has 0 aliphatic carbocycles. The highest BCUT2D eigenvalue weighted by Crippen LogP contribution is 2.19. The lowest BCUT2D eigenvalue weighted by Gasteiger charge is -2.05. The molecule has 0 N–H and O–H groups in total. The monoisotopic (exact) mass is 190 g/mol. The zero-order valence-corrected chi connectivity index (χ0v) is 9.41. The number of rotatable bonds is 3. The van der Waals surface area contributed by atoms with Crippen LogP contribution in [-0.4, -0.2) is 9.55 Å². The molecule has 0 aliphatic heterocycles. The molecule has 1 aromatic heterocycles. The van der Waals surface area contributed by atoms with Crippen LogP contribution in [0.1, 0.15) is 43.9 Å². The molecule has 0 radical (unpaired) electrons. The molecule has 0 unspecified atom stereocenters. The van der Waals surface area contributed by atoms with Crippen molar-refractivity contribution in [3.8, 4) is 0 Å². The summed E-state index contributed by atoms with van der Waals surface area (Å²) in [6, 6.07) is 0. The normalized spacial score (nSPS) is 11.5. The highest BCUT2D eigenvalue weighted by atomic mass is 15.1. The molecule has 0 aliphatic rings. The van der Waals surface area contributed by atoms with Gasteiger partial charge < -0.3 is 4.57 Å². The summed E-state index contributed by atoms with van der Waals surface area (Å²) in [5.74, 6) is 1.55. The number of allylic oxidation sites excluding steroid dienone is 1. The van der Waals surface area contributed by atoms with Gasteiger partial charge in [0.25, 0.3) is 0 Å². The van der Waals surface area contributed by atoms with Crippen LogP contribution in [-0.2, 0) is 7.05 Å². The second-order valence-electron chi connectivity index (χ2n) is 3.66. The standard InChI is InChI=1S/C12H18N2/c1-6-8-10-11(7-2)14(5)12(13-10)9(3)4/h6-9H,2H2,1,3-5H3. The van der Waals surface area contributed by atoms with E-state index in [1.165, 1.54) is 0 Å². The number of aromatic nitrogens is 2. The quantitative estimate of drug-likeness (QED) is 0.715. The van der Waals surface area contributed by atoms with Crippen LogP contribution in [0.15, 0.2) is 12.7 Å². The Morgan fingerprint density at radius 1 is 1.43 bits per heavy atom. The summed E-state index contributed by atoms with van der Waals surface area (Å²) < 4.78 is 2.10. The third-order valence-electron chi connectivity index (χ3n) is 2.24. The number of imidazole rings is 1. The van der Waals surface area contributed by atoms with Crippen molar-refractivity contribution in [1.82, 2.24) is 9.55 Å². The largest absolute Gasteiger partial charge is 0.331 e. The van der Waals surface area contributed by atoms with Gasteiger partial charge >= 0.3 is 0 Å². The first-order chi connectivity index (χ1) is 6.61. The molecule has 0 aromatic carbocycles. The summed E-state index contributed by atoms with van der Waals surface area (Å²) in [4.78, 5) is 4.57. The first-order valence-corrected chi connectivity index (χ1v) is 4.93. The van der Waals surface area contributed by atoms with E-state index in [4.69, 9.17) is 0 Å². The topological polar surface area (TPSA) is 17.8 Å². The maximum absolute atomic E-state index is 4.57. The third-order valence-corrected chi connectivity index (χ3v) is 2.24. The van der Waals surface area contributed by atoms with Gasteiger partial charge in [0.1, 0.15) is 5.82 Å². The van der Waals surface area contributed by atoms with Gasteiger partial charge in [0.2, 0.25) is 0 Å². The maximum Gasteiger partial charge on any atom is 0.112 e. The lowest BCUT2D eigenvalue weighted by molar-refractivity contribution is 0.708. The van der Waals surface area contributed by atoms with Crippen LogP contribution in [0.25, 0.3) is 12.2 Å². The highest BCUT2D eigenvalue weighted by Gasteiger charge is 2.12. The van der Waals surface area contributed by atoms with E-state index in [1.54, 1.807) is 0 Å². The molecule has 0 bridgehead atoms. The average molecular weight is 190 g/mol. The van der Waals surface area contributed by atoms with Gasteiger partial charge in [-0.25, -0.2) is 4.98 Å². The summed E-state index contributed by atoms with van der Waals surface area (Å²) in [6.07, 6.45) is 5.87. The van der Waals surface area contributed by atoms with E-state index in [1.807, 2.05) is 32.2 Å². The van der Waals surface area contributed by atoms with Crippen molar-refractivity contribution in [2.24, 2.45) is 7.05 Å². The molecule has 0 amide bonds. The van der Waals surface area contributed by atoms with E-state index in [0.717, 1.165) is 17.2 Å². The zero-order chi connectivity index (χ0) is 10.7. The first-order valence-electron chi connectivity index (χ1n) is 4.93. The van der Waals surface area contributed by atoms with Gasteiger partial charge in [-0.1, -0.05) is 26.5 Å². The molecule has 1 heterocycles. The second-order valence-corrected chi connectivity index (χ2v) is 3.66. The fourth-order valence-electron chi connectivity index (χ4n) is 1.59. The van der Waals surface area contributed by atoms with Gasteiger partial charge in [0, 0.05) is 13.0 Å². The SMILES string of the molecule is C=Cc1c(C=CC)nc(C(C)C)n1C. The number of hydrogen-bond donors (Lipinski definition) is 0. The molecule has 0 saturated heterocycles. The van der Waals surface area contributed by atoms with Crippen molar-refractivity contribution >= 4 is 12.2 Å². The van der Waals surface area contributed by atoms with Crippen LogP contribution in [0, 0.1) is 0 Å². The van der Waals surface area contributed by atoms with Crippen LogP contribution in [0.5, 0.6) is 0 Å². The minimum atomic E-state index is 0.442. The van der Waals surface area contributed by atoms with Gasteiger partial charge in [-0.3, -0.25) is 0 Å². The van der Waals surface area contributed by atoms with Crippen molar-refractivity contribution in [1.29, 1.82) is 0 Å². The molecule has 0 spiro atoms. The number of hydrogen-bond acceptors (Lipinski definition) is 1. The lowest BCUT2D eigenvalue weighted by atomic mass is 10.2. The van der Waals surface area contributed by atoms with Crippen molar-refractivity contribution in [2.45, 2.75) is 26.7 Å². The predicted molar refractivity (Wildman–Crippen MR) is 62.1 cm³/mol. The van der Waals surface area contributed by atoms with E-state index < -0.39 is 0 Å². The average Bonchev–Trinajstić information content (AvgIpc) is 2.43. The van der Waals surface area contributed by atoms with E-state index >= 15 is 0 Å². The van der Waals surface area contributed by atoms with E-state index in [2.05, 4.69) is 30.0 Å². The summed E-state index contributed by atoms with van der Waals surface area (Å²) in [6.45, 7) is 10.1. The molecule has 14 heavy (non-hydrogen) atoms. The summed E-state index contributed by atoms with van der Waals surface area (Å²) in [5.41, 5.74) is 2.10. The molecule has 0 atom stereocenters. The number of nitrogens with zero attached hydrogens (tertiary/aromatic N) is 2. The zero-order valence-electron chi connectivity index (χ0n) is 9.41.